The van der Waals surface area contributed by atoms with Crippen LogP contribution in [0.15, 0.2) is 54.6 Å². The molecule has 1 saturated heterocycles. The molecule has 2 aromatic carbocycles. The van der Waals surface area contributed by atoms with Gasteiger partial charge in [0.25, 0.3) is 0 Å². The van der Waals surface area contributed by atoms with Gasteiger partial charge < -0.3 is 19.9 Å². The normalized spacial score (nSPS) is 15.2. The number of hydrogen-bond acceptors (Lipinski definition) is 6. The molecule has 2 N–H and O–H groups in total. The maximum atomic E-state index is 12.2. The highest BCUT2D eigenvalue weighted by Crippen LogP contribution is 2.25. The number of β-amino-alcohol motifs (C(OH)–C–C–N with tert-alkyl or cyclic N) is 1. The van der Waals surface area contributed by atoms with Crippen LogP contribution in [0.1, 0.15) is 0 Å². The van der Waals surface area contributed by atoms with Gasteiger partial charge in [0, 0.05) is 38.4 Å². The predicted molar refractivity (Wildman–Crippen MR) is 127 cm³/mol. The molecule has 1 atom stereocenters. The third-order valence-electron chi connectivity index (χ3n) is 4.86. The van der Waals surface area contributed by atoms with Crippen LogP contribution in [0.5, 0.6) is 11.5 Å². The largest absolute Gasteiger partial charge is 0.493 e. The van der Waals surface area contributed by atoms with E-state index in [2.05, 4.69) is 15.1 Å². The molecule has 31 heavy (non-hydrogen) atoms. The Morgan fingerprint density at radius 1 is 0.968 bits per heavy atom. The smallest absolute Gasteiger partial charge is 0.238 e. The number of hydrogen-bond donors (Lipinski definition) is 2. The third kappa shape index (κ3) is 8.93. The number of nitrogens with zero attached hydrogens (tertiary/aromatic N) is 2. The van der Waals surface area contributed by atoms with E-state index in [9.17, 15) is 9.90 Å². The Morgan fingerprint density at radius 3 is 2.19 bits per heavy atom. The molecule has 1 unspecified atom stereocenters. The van der Waals surface area contributed by atoms with Crippen molar-refractivity contribution in [3.05, 3.63) is 54.6 Å². The SMILES string of the molecule is COc1ccccc1OCC(O)CN1CCN(CC(=O)Nc2ccccc2)CC1.Cl.Cl. The van der Waals surface area contributed by atoms with E-state index in [1.807, 2.05) is 54.6 Å². The number of aliphatic hydroxyl groups is 1. The molecule has 3 rings (SSSR count). The highest BCUT2D eigenvalue weighted by molar-refractivity contribution is 5.92. The van der Waals surface area contributed by atoms with E-state index in [4.69, 9.17) is 9.47 Å². The van der Waals surface area contributed by atoms with E-state index in [1.165, 1.54) is 0 Å². The van der Waals surface area contributed by atoms with E-state index < -0.39 is 6.10 Å². The van der Waals surface area contributed by atoms with Crippen molar-refractivity contribution in [2.45, 2.75) is 6.10 Å². The fraction of sp³-hybridized carbons (Fsp3) is 0.409. The van der Waals surface area contributed by atoms with Crippen molar-refractivity contribution in [3.8, 4) is 11.5 Å². The van der Waals surface area contributed by atoms with Crippen LogP contribution in [0.3, 0.4) is 0 Å². The number of methoxy groups -OCH3 is 1. The second kappa shape index (κ2) is 14.1. The average molecular weight is 472 g/mol. The predicted octanol–water partition coefficient (Wildman–Crippen LogP) is 2.53. The Morgan fingerprint density at radius 2 is 1.55 bits per heavy atom. The lowest BCUT2D eigenvalue weighted by atomic mass is 10.2. The number of benzene rings is 2. The summed E-state index contributed by atoms with van der Waals surface area (Å²) in [6, 6.07) is 16.9. The van der Waals surface area contributed by atoms with Crippen molar-refractivity contribution >= 4 is 36.4 Å². The Bertz CT molecular complexity index is 774. The van der Waals surface area contributed by atoms with Crippen molar-refractivity contribution in [2.75, 3.05) is 58.3 Å². The lowest BCUT2D eigenvalue weighted by Gasteiger charge is -2.35. The van der Waals surface area contributed by atoms with Gasteiger partial charge in [0.1, 0.15) is 12.7 Å². The number of amides is 1. The van der Waals surface area contributed by atoms with E-state index in [1.54, 1.807) is 7.11 Å². The van der Waals surface area contributed by atoms with Gasteiger partial charge in [-0.15, -0.1) is 24.8 Å². The monoisotopic (exact) mass is 471 g/mol. The van der Waals surface area contributed by atoms with Gasteiger partial charge in [-0.25, -0.2) is 0 Å². The van der Waals surface area contributed by atoms with Gasteiger partial charge in [0.15, 0.2) is 11.5 Å². The molecule has 1 amide bonds. The number of carbonyl (C=O) groups excluding carboxylic acids is 1. The Labute approximate surface area is 196 Å². The summed E-state index contributed by atoms with van der Waals surface area (Å²) < 4.78 is 10.9. The molecular formula is C22H31Cl2N3O4. The lowest BCUT2D eigenvalue weighted by molar-refractivity contribution is -0.117. The minimum absolute atomic E-state index is 0. The summed E-state index contributed by atoms with van der Waals surface area (Å²) in [6.45, 7) is 4.33. The number of para-hydroxylation sites is 3. The third-order valence-corrected chi connectivity index (χ3v) is 4.86. The molecule has 2 aromatic rings. The number of rotatable bonds is 9. The zero-order chi connectivity index (χ0) is 20.5. The molecule has 0 bridgehead atoms. The minimum Gasteiger partial charge on any atom is -0.493 e. The maximum Gasteiger partial charge on any atom is 0.238 e. The first-order valence-corrected chi connectivity index (χ1v) is 9.87. The second-order valence-corrected chi connectivity index (χ2v) is 7.11. The van der Waals surface area contributed by atoms with E-state index >= 15 is 0 Å². The fourth-order valence-corrected chi connectivity index (χ4v) is 3.33. The Hall–Kier alpha value is -2.03. The first-order valence-electron chi connectivity index (χ1n) is 9.87. The maximum absolute atomic E-state index is 12.2. The van der Waals surface area contributed by atoms with Gasteiger partial charge >= 0.3 is 0 Å². The summed E-state index contributed by atoms with van der Waals surface area (Å²) in [5.74, 6) is 1.28. The molecule has 0 radical (unpaired) electrons. The zero-order valence-corrected chi connectivity index (χ0v) is 19.2. The van der Waals surface area contributed by atoms with Crippen LogP contribution in [0.25, 0.3) is 0 Å². The van der Waals surface area contributed by atoms with Gasteiger partial charge in [-0.3, -0.25) is 14.6 Å². The summed E-state index contributed by atoms with van der Waals surface area (Å²) in [6.07, 6.45) is -0.590. The highest BCUT2D eigenvalue weighted by Gasteiger charge is 2.21. The van der Waals surface area contributed by atoms with Crippen LogP contribution in [0.2, 0.25) is 0 Å². The van der Waals surface area contributed by atoms with Crippen molar-refractivity contribution < 1.29 is 19.4 Å². The highest BCUT2D eigenvalue weighted by atomic mass is 35.5. The number of nitrogens with one attached hydrogen (secondary N) is 1. The average Bonchev–Trinajstić information content (AvgIpc) is 2.74. The molecule has 1 heterocycles. The van der Waals surface area contributed by atoms with Gasteiger partial charge in [-0.1, -0.05) is 30.3 Å². The second-order valence-electron chi connectivity index (χ2n) is 7.11. The molecule has 9 heteroatoms. The number of anilines is 1. The molecule has 1 fully saturated rings. The first-order chi connectivity index (χ1) is 14.1. The molecule has 1 aliphatic heterocycles. The number of aliphatic hydroxyl groups excluding tert-OH is 1. The minimum atomic E-state index is -0.590. The van der Waals surface area contributed by atoms with Crippen LogP contribution in [0, 0.1) is 0 Å². The van der Waals surface area contributed by atoms with E-state index in [-0.39, 0.29) is 37.3 Å². The van der Waals surface area contributed by atoms with Crippen LogP contribution in [-0.4, -0.2) is 79.9 Å². The Kier molecular flexibility index (Phi) is 12.3. The van der Waals surface area contributed by atoms with Gasteiger partial charge in [0.05, 0.1) is 13.7 Å². The molecule has 0 aliphatic carbocycles. The van der Waals surface area contributed by atoms with Gasteiger partial charge in [-0.2, -0.15) is 0 Å². The summed E-state index contributed by atoms with van der Waals surface area (Å²) in [7, 11) is 1.60. The van der Waals surface area contributed by atoms with Gasteiger partial charge in [0.2, 0.25) is 5.91 Å². The number of ether oxygens (including phenoxy) is 2. The quantitative estimate of drug-likeness (QED) is 0.585. The summed E-state index contributed by atoms with van der Waals surface area (Å²) in [4.78, 5) is 16.5. The Balaban J connectivity index is 0.00000240. The molecule has 172 valence electrons. The van der Waals surface area contributed by atoms with Crippen LogP contribution in [-0.2, 0) is 4.79 Å². The van der Waals surface area contributed by atoms with Crippen LogP contribution < -0.4 is 14.8 Å². The number of piperazine rings is 1. The number of halogens is 2. The molecule has 1 aliphatic rings. The first kappa shape index (κ1) is 27.0. The van der Waals surface area contributed by atoms with Gasteiger partial charge in [-0.05, 0) is 24.3 Å². The lowest BCUT2D eigenvalue weighted by Crippen LogP contribution is -2.50. The van der Waals surface area contributed by atoms with Crippen molar-refractivity contribution in [1.29, 1.82) is 0 Å². The standard InChI is InChI=1S/C22H29N3O4.2ClH/c1-28-20-9-5-6-10-21(20)29-17-19(26)15-24-11-13-25(14-12-24)16-22(27)23-18-7-3-2-4-8-18;;/h2-10,19,26H,11-17H2,1H3,(H,23,27);2*1H. The molecule has 0 spiro atoms. The fourth-order valence-electron chi connectivity index (χ4n) is 3.33. The van der Waals surface area contributed by atoms with Crippen LogP contribution >= 0.6 is 24.8 Å². The summed E-state index contributed by atoms with van der Waals surface area (Å²) >= 11 is 0. The van der Waals surface area contributed by atoms with Crippen LogP contribution in [0.4, 0.5) is 5.69 Å². The van der Waals surface area contributed by atoms with Crippen molar-refractivity contribution in [2.24, 2.45) is 0 Å². The molecule has 0 saturated carbocycles. The molecular weight excluding hydrogens is 441 g/mol. The summed E-state index contributed by atoms with van der Waals surface area (Å²) in [5.41, 5.74) is 0.814. The van der Waals surface area contributed by atoms with E-state index in [0.717, 1.165) is 31.9 Å². The van der Waals surface area contributed by atoms with Crippen molar-refractivity contribution in [3.63, 3.8) is 0 Å². The zero-order valence-electron chi connectivity index (χ0n) is 17.6. The molecule has 7 nitrogen and oxygen atoms in total. The van der Waals surface area contributed by atoms with E-state index in [0.29, 0.717) is 24.6 Å². The van der Waals surface area contributed by atoms with Crippen molar-refractivity contribution in [1.82, 2.24) is 9.80 Å². The number of carbonyl (C=O) groups is 1. The topological polar surface area (TPSA) is 74.3 Å². The molecule has 0 aromatic heterocycles. The summed E-state index contributed by atoms with van der Waals surface area (Å²) in [5, 5.41) is 13.2.